The van der Waals surface area contributed by atoms with Gasteiger partial charge in [0, 0.05) is 29.0 Å². The van der Waals surface area contributed by atoms with Gasteiger partial charge < -0.3 is 10.2 Å². The molecule has 0 spiro atoms. The molecule has 11 heteroatoms. The largest absolute Gasteiger partial charge is 0.434 e. The summed E-state index contributed by atoms with van der Waals surface area (Å²) in [4.78, 5) is 34.5. The molecule has 152 valence electrons. The van der Waals surface area contributed by atoms with Crippen LogP contribution in [0.2, 0.25) is 0 Å². The first-order valence-corrected chi connectivity index (χ1v) is 9.81. The zero-order valence-electron chi connectivity index (χ0n) is 15.2. The molecule has 2 aromatic heterocycles. The summed E-state index contributed by atoms with van der Waals surface area (Å²) in [6.45, 7) is 1.90. The number of thioether (sulfide) groups is 1. The van der Waals surface area contributed by atoms with E-state index in [4.69, 9.17) is 0 Å². The van der Waals surface area contributed by atoms with Crippen LogP contribution in [0.1, 0.15) is 28.7 Å². The summed E-state index contributed by atoms with van der Waals surface area (Å²) in [6, 6.07) is 2.46. The molecule has 0 aliphatic rings. The summed E-state index contributed by atoms with van der Waals surface area (Å²) in [6.07, 6.45) is -3.82. The third-order valence-corrected chi connectivity index (χ3v) is 5.05. The van der Waals surface area contributed by atoms with Crippen molar-refractivity contribution in [1.82, 2.24) is 9.71 Å². The van der Waals surface area contributed by atoms with E-state index in [2.05, 4.69) is 31.1 Å². The van der Waals surface area contributed by atoms with Gasteiger partial charge >= 0.3 is 11.7 Å². The first-order valence-electron chi connectivity index (χ1n) is 8.03. The Bertz CT molecular complexity index is 948. The van der Waals surface area contributed by atoms with Crippen LogP contribution >= 0.6 is 27.7 Å². The summed E-state index contributed by atoms with van der Waals surface area (Å²) in [5.74, 6) is 0.185. The third kappa shape index (κ3) is 4.69. The van der Waals surface area contributed by atoms with Crippen molar-refractivity contribution in [2.24, 2.45) is 0 Å². The van der Waals surface area contributed by atoms with Crippen LogP contribution in [-0.4, -0.2) is 35.4 Å². The van der Waals surface area contributed by atoms with Crippen LogP contribution in [-0.2, 0) is 12.6 Å². The molecule has 0 atom stereocenters. The SMILES string of the molecule is CCSc1cc(Br)cnc1C(=O)Cc1cc(C(F)(F)F)n(OC)c(=O)c1NC. The van der Waals surface area contributed by atoms with Gasteiger partial charge in [0.25, 0.3) is 0 Å². The zero-order valence-corrected chi connectivity index (χ0v) is 17.6. The highest BCUT2D eigenvalue weighted by atomic mass is 79.9. The fraction of sp³-hybridized carbons (Fsp3) is 0.353. The molecular formula is C17H17BrF3N3O3S. The quantitative estimate of drug-likeness (QED) is 0.482. The highest BCUT2D eigenvalue weighted by Gasteiger charge is 2.37. The molecule has 0 saturated carbocycles. The number of nitrogens with one attached hydrogen (secondary N) is 1. The molecule has 1 N–H and O–H groups in total. The van der Waals surface area contributed by atoms with Crippen molar-refractivity contribution in [3.63, 3.8) is 0 Å². The Hall–Kier alpha value is -2.01. The van der Waals surface area contributed by atoms with E-state index in [1.807, 2.05) is 6.92 Å². The Morgan fingerprint density at radius 2 is 2.07 bits per heavy atom. The van der Waals surface area contributed by atoms with Crippen LogP contribution in [0.3, 0.4) is 0 Å². The van der Waals surface area contributed by atoms with Gasteiger partial charge in [0.15, 0.2) is 11.5 Å². The lowest BCUT2D eigenvalue weighted by Crippen LogP contribution is -2.34. The number of carbonyl (C=O) groups excluding carboxylic acids is 1. The van der Waals surface area contributed by atoms with E-state index >= 15 is 0 Å². The lowest BCUT2D eigenvalue weighted by molar-refractivity contribution is -0.151. The lowest BCUT2D eigenvalue weighted by Gasteiger charge is -2.18. The minimum absolute atomic E-state index is 0.0877. The number of ketones is 1. The number of Topliss-reactive ketones (excluding diaryl/α,β-unsaturated/α-hetero) is 1. The number of pyridine rings is 2. The van der Waals surface area contributed by atoms with Gasteiger partial charge in [-0.1, -0.05) is 6.92 Å². The number of hydrogen-bond acceptors (Lipinski definition) is 6. The normalized spacial score (nSPS) is 11.4. The summed E-state index contributed by atoms with van der Waals surface area (Å²) < 4.78 is 40.8. The van der Waals surface area contributed by atoms with Crippen LogP contribution in [0.5, 0.6) is 0 Å². The first-order chi connectivity index (χ1) is 13.1. The van der Waals surface area contributed by atoms with E-state index in [-0.39, 0.29) is 21.7 Å². The van der Waals surface area contributed by atoms with Crippen LogP contribution in [0.15, 0.2) is 32.5 Å². The molecule has 0 radical (unpaired) electrons. The van der Waals surface area contributed by atoms with Crippen molar-refractivity contribution in [1.29, 1.82) is 0 Å². The molecular weight excluding hydrogens is 463 g/mol. The minimum atomic E-state index is -4.83. The lowest BCUT2D eigenvalue weighted by atomic mass is 10.0. The Morgan fingerprint density at radius 1 is 1.39 bits per heavy atom. The molecule has 0 bridgehead atoms. The summed E-state index contributed by atoms with van der Waals surface area (Å²) >= 11 is 4.67. The topological polar surface area (TPSA) is 73.2 Å². The number of anilines is 1. The summed E-state index contributed by atoms with van der Waals surface area (Å²) in [5.41, 5.74) is -2.43. The number of alkyl halides is 3. The fourth-order valence-electron chi connectivity index (χ4n) is 2.58. The van der Waals surface area contributed by atoms with Gasteiger partial charge in [-0.15, -0.1) is 16.5 Å². The van der Waals surface area contributed by atoms with Crippen molar-refractivity contribution in [2.45, 2.75) is 24.4 Å². The van der Waals surface area contributed by atoms with Gasteiger partial charge in [0.2, 0.25) is 0 Å². The van der Waals surface area contributed by atoms with E-state index < -0.39 is 29.6 Å². The Balaban J connectivity index is 2.56. The monoisotopic (exact) mass is 479 g/mol. The van der Waals surface area contributed by atoms with E-state index in [1.54, 1.807) is 6.07 Å². The maximum Gasteiger partial charge on any atom is 0.434 e. The maximum atomic E-state index is 13.3. The van der Waals surface area contributed by atoms with E-state index in [1.165, 1.54) is 25.0 Å². The maximum absolute atomic E-state index is 13.3. The molecule has 6 nitrogen and oxygen atoms in total. The average Bonchev–Trinajstić information content (AvgIpc) is 2.61. The molecule has 0 unspecified atom stereocenters. The zero-order chi connectivity index (χ0) is 21.1. The molecule has 0 amide bonds. The Labute approximate surface area is 171 Å². The molecule has 0 fully saturated rings. The smallest absolute Gasteiger partial charge is 0.413 e. The molecule has 28 heavy (non-hydrogen) atoms. The third-order valence-electron chi connectivity index (χ3n) is 3.71. The molecule has 2 aromatic rings. The minimum Gasteiger partial charge on any atom is -0.413 e. The van der Waals surface area contributed by atoms with Gasteiger partial charge in [-0.05, 0) is 39.4 Å². The first kappa shape index (κ1) is 22.3. The number of aromatic nitrogens is 2. The molecule has 0 aliphatic carbocycles. The van der Waals surface area contributed by atoms with E-state index in [0.717, 1.165) is 13.2 Å². The van der Waals surface area contributed by atoms with Crippen molar-refractivity contribution in [2.75, 3.05) is 25.2 Å². The van der Waals surface area contributed by atoms with Gasteiger partial charge in [-0.2, -0.15) is 13.2 Å². The molecule has 2 rings (SSSR count). The van der Waals surface area contributed by atoms with Crippen LogP contribution in [0, 0.1) is 0 Å². The van der Waals surface area contributed by atoms with Gasteiger partial charge in [-0.3, -0.25) is 14.6 Å². The van der Waals surface area contributed by atoms with Gasteiger partial charge in [0.05, 0.1) is 0 Å². The number of nitrogens with zero attached hydrogens (tertiary/aromatic N) is 2. The van der Waals surface area contributed by atoms with Gasteiger partial charge in [0.1, 0.15) is 18.5 Å². The number of carbonyl (C=O) groups is 1. The second-order valence-corrected chi connectivity index (χ2v) is 7.71. The van der Waals surface area contributed by atoms with Crippen molar-refractivity contribution >= 4 is 39.2 Å². The van der Waals surface area contributed by atoms with Crippen molar-refractivity contribution in [3.05, 3.63) is 50.1 Å². The molecule has 2 heterocycles. The van der Waals surface area contributed by atoms with Gasteiger partial charge in [-0.25, -0.2) is 0 Å². The molecule has 0 aliphatic heterocycles. The highest BCUT2D eigenvalue weighted by Crippen LogP contribution is 2.31. The standard InChI is InChI=1S/C17H17BrF3N3O3S/c1-4-28-12-7-10(18)8-23-15(12)11(25)5-9-6-13(17(19,20)21)24(27-3)16(26)14(9)22-2/h6-8,22H,4-5H2,1-3H3. The highest BCUT2D eigenvalue weighted by molar-refractivity contribution is 9.10. The van der Waals surface area contributed by atoms with Crippen LogP contribution in [0.25, 0.3) is 0 Å². The van der Waals surface area contributed by atoms with Crippen molar-refractivity contribution in [3.8, 4) is 0 Å². The van der Waals surface area contributed by atoms with Crippen LogP contribution in [0.4, 0.5) is 18.9 Å². The van der Waals surface area contributed by atoms with E-state index in [9.17, 15) is 22.8 Å². The average molecular weight is 480 g/mol. The number of rotatable bonds is 7. The second kappa shape index (κ2) is 8.99. The van der Waals surface area contributed by atoms with E-state index in [0.29, 0.717) is 15.1 Å². The summed E-state index contributed by atoms with van der Waals surface area (Å²) in [7, 11) is 2.34. The number of hydrogen-bond donors (Lipinski definition) is 1. The summed E-state index contributed by atoms with van der Waals surface area (Å²) in [5, 5.41) is 2.56. The number of halogens is 4. The Kier molecular flexibility index (Phi) is 7.16. The second-order valence-electron chi connectivity index (χ2n) is 5.49. The predicted molar refractivity (Wildman–Crippen MR) is 104 cm³/mol. The van der Waals surface area contributed by atoms with Crippen LogP contribution < -0.4 is 15.7 Å². The Morgan fingerprint density at radius 3 is 2.61 bits per heavy atom. The van der Waals surface area contributed by atoms with Crippen molar-refractivity contribution < 1.29 is 22.8 Å². The molecule has 0 saturated heterocycles. The fourth-order valence-corrected chi connectivity index (χ4v) is 3.89. The predicted octanol–water partition coefficient (Wildman–Crippen LogP) is 3.66. The molecule has 0 aromatic carbocycles.